The molecule has 0 radical (unpaired) electrons. The van der Waals surface area contributed by atoms with Crippen molar-refractivity contribution in [2.24, 2.45) is 0 Å². The van der Waals surface area contributed by atoms with E-state index in [9.17, 15) is 9.59 Å². The molecule has 0 saturated carbocycles. The van der Waals surface area contributed by atoms with Crippen LogP contribution in [-0.2, 0) is 14.3 Å². The van der Waals surface area contributed by atoms with Gasteiger partial charge in [-0.3, -0.25) is 4.79 Å². The Morgan fingerprint density at radius 2 is 1.75 bits per heavy atom. The van der Waals surface area contributed by atoms with Crippen LogP contribution in [-0.4, -0.2) is 24.1 Å². The van der Waals surface area contributed by atoms with Crippen LogP contribution in [0.3, 0.4) is 0 Å². The highest BCUT2D eigenvalue weighted by Gasteiger charge is 2.17. The van der Waals surface area contributed by atoms with E-state index in [1.807, 2.05) is 0 Å². The number of amides is 1. The first-order valence-electron chi connectivity index (χ1n) is 8.66. The Bertz CT molecular complexity index is 918. The maximum absolute atomic E-state index is 11.9. The number of carbonyl (C=O) groups excluding carboxylic acids is 2. The molecule has 2 rings (SSSR count). The summed E-state index contributed by atoms with van der Waals surface area (Å²) in [5.41, 5.74) is 1.43. The third kappa shape index (κ3) is 7.34. The average molecular weight is 400 g/mol. The number of nitrogens with one attached hydrogen (secondary N) is 1. The van der Waals surface area contributed by atoms with Crippen LogP contribution in [0.5, 0.6) is 5.75 Å². The van der Waals surface area contributed by atoms with Crippen molar-refractivity contribution in [2.45, 2.75) is 33.3 Å². The van der Waals surface area contributed by atoms with E-state index in [0.717, 1.165) is 5.56 Å². The molecule has 0 bridgehead atoms. The zero-order valence-corrected chi connectivity index (χ0v) is 17.0. The normalized spacial score (nSPS) is 10.5. The van der Waals surface area contributed by atoms with Gasteiger partial charge in [-0.15, -0.1) is 0 Å². The summed E-state index contributed by atoms with van der Waals surface area (Å²) in [5.74, 6) is 5.87. The monoisotopic (exact) mass is 399 g/mol. The summed E-state index contributed by atoms with van der Waals surface area (Å²) in [7, 11) is 0. The number of ether oxygens (including phenoxy) is 2. The molecule has 0 atom stereocenters. The Morgan fingerprint density at radius 1 is 1.07 bits per heavy atom. The zero-order valence-electron chi connectivity index (χ0n) is 16.3. The van der Waals surface area contributed by atoms with Gasteiger partial charge in [0.05, 0.1) is 5.56 Å². The van der Waals surface area contributed by atoms with Crippen molar-refractivity contribution in [1.29, 1.82) is 0 Å². The lowest BCUT2D eigenvalue weighted by atomic mass is 10.1. The lowest BCUT2D eigenvalue weighted by Crippen LogP contribution is -2.27. The molecule has 0 saturated heterocycles. The fourth-order valence-electron chi connectivity index (χ4n) is 2.21. The van der Waals surface area contributed by atoms with Crippen molar-refractivity contribution in [3.63, 3.8) is 0 Å². The first kappa shape index (κ1) is 21.3. The van der Waals surface area contributed by atoms with Gasteiger partial charge >= 0.3 is 5.97 Å². The lowest BCUT2D eigenvalue weighted by Gasteiger charge is -2.19. The summed E-state index contributed by atoms with van der Waals surface area (Å²) in [6.45, 7) is 6.61. The highest BCUT2D eigenvalue weighted by atomic mass is 35.5. The standard InChI is InChI=1S/C22H22ClNO4/c1-15(25)24-19-10-6-16(7-11-19)5-8-17-13-18(23)9-12-20(17)27-14-21(26)28-22(2,3)4/h6-7,9-13H,14H2,1-4H3,(H,24,25). The maximum atomic E-state index is 11.9. The van der Waals surface area contributed by atoms with Gasteiger partial charge in [-0.2, -0.15) is 0 Å². The summed E-state index contributed by atoms with van der Waals surface area (Å²) >= 11 is 6.06. The molecule has 28 heavy (non-hydrogen) atoms. The minimum atomic E-state index is -0.577. The highest BCUT2D eigenvalue weighted by Crippen LogP contribution is 2.22. The van der Waals surface area contributed by atoms with E-state index < -0.39 is 11.6 Å². The average Bonchev–Trinajstić information content (AvgIpc) is 2.58. The molecule has 146 valence electrons. The lowest BCUT2D eigenvalue weighted by molar-refractivity contribution is -0.157. The molecule has 0 unspecified atom stereocenters. The molecular formula is C22H22ClNO4. The van der Waals surface area contributed by atoms with Crippen LogP contribution in [0.1, 0.15) is 38.8 Å². The Labute approximate surface area is 170 Å². The second kappa shape index (κ2) is 9.29. The summed E-state index contributed by atoms with van der Waals surface area (Å²) in [6.07, 6.45) is 0. The van der Waals surface area contributed by atoms with E-state index in [0.29, 0.717) is 22.0 Å². The molecular weight excluding hydrogens is 378 g/mol. The van der Waals surface area contributed by atoms with Crippen molar-refractivity contribution >= 4 is 29.2 Å². The molecule has 0 aromatic heterocycles. The van der Waals surface area contributed by atoms with Crippen molar-refractivity contribution in [3.8, 4) is 17.6 Å². The van der Waals surface area contributed by atoms with E-state index in [1.165, 1.54) is 6.92 Å². The van der Waals surface area contributed by atoms with E-state index in [1.54, 1.807) is 63.2 Å². The number of anilines is 1. The molecule has 0 heterocycles. The van der Waals surface area contributed by atoms with Crippen LogP contribution in [0.15, 0.2) is 42.5 Å². The van der Waals surface area contributed by atoms with Crippen LogP contribution in [0.2, 0.25) is 5.02 Å². The van der Waals surface area contributed by atoms with Gasteiger partial charge in [0, 0.05) is 23.2 Å². The first-order chi connectivity index (χ1) is 13.1. The van der Waals surface area contributed by atoms with Gasteiger partial charge in [-0.1, -0.05) is 23.4 Å². The zero-order chi connectivity index (χ0) is 20.7. The number of hydrogen-bond acceptors (Lipinski definition) is 4. The third-order valence-electron chi connectivity index (χ3n) is 3.25. The minimum Gasteiger partial charge on any atom is -0.481 e. The van der Waals surface area contributed by atoms with Crippen molar-refractivity contribution in [1.82, 2.24) is 0 Å². The summed E-state index contributed by atoms with van der Waals surface area (Å²) in [4.78, 5) is 22.9. The molecule has 1 N–H and O–H groups in total. The predicted molar refractivity (Wildman–Crippen MR) is 110 cm³/mol. The van der Waals surface area contributed by atoms with Gasteiger partial charge in [-0.05, 0) is 63.2 Å². The predicted octanol–water partition coefficient (Wildman–Crippen LogP) is 4.42. The molecule has 1 amide bonds. The van der Waals surface area contributed by atoms with Crippen LogP contribution >= 0.6 is 11.6 Å². The fraction of sp³-hybridized carbons (Fsp3) is 0.273. The smallest absolute Gasteiger partial charge is 0.344 e. The summed E-state index contributed by atoms with van der Waals surface area (Å²) in [6, 6.07) is 12.1. The Kier molecular flexibility index (Phi) is 7.08. The van der Waals surface area contributed by atoms with Crippen LogP contribution < -0.4 is 10.1 Å². The molecule has 0 fully saturated rings. The molecule has 2 aromatic rings. The van der Waals surface area contributed by atoms with Gasteiger partial charge < -0.3 is 14.8 Å². The van der Waals surface area contributed by atoms with Gasteiger partial charge in [0.2, 0.25) is 5.91 Å². The number of esters is 1. The number of benzene rings is 2. The van der Waals surface area contributed by atoms with Crippen LogP contribution in [0.4, 0.5) is 5.69 Å². The van der Waals surface area contributed by atoms with Crippen LogP contribution in [0, 0.1) is 11.8 Å². The number of halogens is 1. The van der Waals surface area contributed by atoms with Gasteiger partial charge in [-0.25, -0.2) is 4.79 Å². The van der Waals surface area contributed by atoms with E-state index >= 15 is 0 Å². The summed E-state index contributed by atoms with van der Waals surface area (Å²) in [5, 5.41) is 3.21. The van der Waals surface area contributed by atoms with Gasteiger partial charge in [0.25, 0.3) is 0 Å². The highest BCUT2D eigenvalue weighted by molar-refractivity contribution is 6.30. The SMILES string of the molecule is CC(=O)Nc1ccc(C#Cc2cc(Cl)ccc2OCC(=O)OC(C)(C)C)cc1. The maximum Gasteiger partial charge on any atom is 0.344 e. The summed E-state index contributed by atoms with van der Waals surface area (Å²) < 4.78 is 10.8. The molecule has 5 nitrogen and oxygen atoms in total. The minimum absolute atomic E-state index is 0.135. The molecule has 2 aromatic carbocycles. The Balaban J connectivity index is 2.13. The molecule has 0 aliphatic heterocycles. The second-order valence-electron chi connectivity index (χ2n) is 7.02. The van der Waals surface area contributed by atoms with Gasteiger partial charge in [0.15, 0.2) is 6.61 Å². The molecule has 0 aliphatic rings. The largest absolute Gasteiger partial charge is 0.481 e. The first-order valence-corrected chi connectivity index (χ1v) is 9.04. The third-order valence-corrected chi connectivity index (χ3v) is 3.49. The molecule has 6 heteroatoms. The van der Waals surface area contributed by atoms with Crippen LogP contribution in [0.25, 0.3) is 0 Å². The number of hydrogen-bond donors (Lipinski definition) is 1. The Morgan fingerprint density at radius 3 is 2.36 bits per heavy atom. The van der Waals surface area contributed by atoms with Gasteiger partial charge in [0.1, 0.15) is 11.4 Å². The number of rotatable bonds is 4. The van der Waals surface area contributed by atoms with Crippen molar-refractivity contribution < 1.29 is 19.1 Å². The second-order valence-corrected chi connectivity index (χ2v) is 7.46. The topological polar surface area (TPSA) is 64.6 Å². The van der Waals surface area contributed by atoms with E-state index in [-0.39, 0.29) is 12.5 Å². The fourth-order valence-corrected chi connectivity index (χ4v) is 2.39. The molecule has 0 spiro atoms. The number of carbonyl (C=O) groups is 2. The van der Waals surface area contributed by atoms with Crippen molar-refractivity contribution in [2.75, 3.05) is 11.9 Å². The molecule has 0 aliphatic carbocycles. The Hall–Kier alpha value is -2.97. The quantitative estimate of drug-likeness (QED) is 0.610. The van der Waals surface area contributed by atoms with E-state index in [4.69, 9.17) is 21.1 Å². The van der Waals surface area contributed by atoms with Crippen molar-refractivity contribution in [3.05, 3.63) is 58.6 Å². The van der Waals surface area contributed by atoms with E-state index in [2.05, 4.69) is 17.2 Å².